The SMILES string of the molecule is [CH2-][OH+]C1CCC(C)C1. The van der Waals surface area contributed by atoms with Gasteiger partial charge in [-0.05, 0) is 12.3 Å². The van der Waals surface area contributed by atoms with E-state index in [1.165, 1.54) is 19.3 Å². The van der Waals surface area contributed by atoms with Crippen LogP contribution in [0, 0.1) is 13.0 Å². The quantitative estimate of drug-likeness (QED) is 0.362. The maximum atomic E-state index is 3.99. The van der Waals surface area contributed by atoms with Crippen molar-refractivity contribution < 1.29 is 4.74 Å². The largest absolute Gasteiger partial charge is 0.579 e. The zero-order valence-electron chi connectivity index (χ0n) is 5.43. The van der Waals surface area contributed by atoms with Crippen LogP contribution in [0.2, 0.25) is 0 Å². The molecule has 0 heterocycles. The van der Waals surface area contributed by atoms with E-state index in [1.807, 2.05) is 0 Å². The minimum Gasteiger partial charge on any atom is -0.579 e. The molecule has 8 heavy (non-hydrogen) atoms. The topological polar surface area (TPSA) is 12.8 Å². The first-order valence-corrected chi connectivity index (χ1v) is 3.28. The van der Waals surface area contributed by atoms with Gasteiger partial charge < -0.3 is 4.74 Å². The van der Waals surface area contributed by atoms with Gasteiger partial charge >= 0.3 is 0 Å². The normalized spacial score (nSPS) is 38.2. The zero-order chi connectivity index (χ0) is 5.98. The molecule has 0 aromatic rings. The molecule has 0 bridgehead atoms. The lowest BCUT2D eigenvalue weighted by atomic mass is 10.1. The van der Waals surface area contributed by atoms with Crippen LogP contribution in [0.1, 0.15) is 26.2 Å². The summed E-state index contributed by atoms with van der Waals surface area (Å²) < 4.78 is 3.99. The average Bonchev–Trinajstić information content (AvgIpc) is 2.14. The summed E-state index contributed by atoms with van der Waals surface area (Å²) in [5.74, 6) is 0.894. The molecule has 0 spiro atoms. The molecule has 0 aromatic carbocycles. The van der Waals surface area contributed by atoms with Gasteiger partial charge in [-0.3, -0.25) is 0 Å². The smallest absolute Gasteiger partial charge is 0.129 e. The van der Waals surface area contributed by atoms with E-state index in [1.54, 1.807) is 0 Å². The number of hydrogen-bond donors (Lipinski definition) is 0. The summed E-state index contributed by atoms with van der Waals surface area (Å²) in [6, 6.07) is 0. The van der Waals surface area contributed by atoms with Gasteiger partial charge in [0.15, 0.2) is 0 Å². The van der Waals surface area contributed by atoms with Crippen LogP contribution in [0.3, 0.4) is 0 Å². The number of rotatable bonds is 1. The lowest BCUT2D eigenvalue weighted by molar-refractivity contribution is -0.0219. The van der Waals surface area contributed by atoms with Gasteiger partial charge in [0.1, 0.15) is 6.10 Å². The first-order chi connectivity index (χ1) is 3.83. The first kappa shape index (κ1) is 6.09. The van der Waals surface area contributed by atoms with Crippen LogP contribution < -0.4 is 0 Å². The Morgan fingerprint density at radius 2 is 2.25 bits per heavy atom. The van der Waals surface area contributed by atoms with E-state index in [4.69, 9.17) is 0 Å². The van der Waals surface area contributed by atoms with Gasteiger partial charge in [0.25, 0.3) is 0 Å². The predicted octanol–water partition coefficient (Wildman–Crippen LogP) is 1.49. The highest BCUT2D eigenvalue weighted by Gasteiger charge is 2.22. The Morgan fingerprint density at radius 3 is 2.50 bits per heavy atom. The second kappa shape index (κ2) is 2.49. The van der Waals surface area contributed by atoms with Crippen molar-refractivity contribution in [2.24, 2.45) is 5.92 Å². The van der Waals surface area contributed by atoms with Gasteiger partial charge in [-0.2, -0.15) is 0 Å². The van der Waals surface area contributed by atoms with Crippen LogP contribution in [0.5, 0.6) is 0 Å². The van der Waals surface area contributed by atoms with Crippen molar-refractivity contribution in [2.45, 2.75) is 32.3 Å². The minimum atomic E-state index is 0.588. The Hall–Kier alpha value is -0.0400. The molecule has 1 fully saturated rings. The summed E-state index contributed by atoms with van der Waals surface area (Å²) in [4.78, 5) is 0. The molecule has 0 aliphatic heterocycles. The number of hydrogen-bond acceptors (Lipinski definition) is 0. The molecule has 0 aromatic heterocycles. The molecule has 1 saturated carbocycles. The number of aliphatic hydroxyl groups is 2. The van der Waals surface area contributed by atoms with Crippen LogP contribution in [0.25, 0.3) is 0 Å². The summed E-state index contributed by atoms with van der Waals surface area (Å²) >= 11 is 0. The summed E-state index contributed by atoms with van der Waals surface area (Å²) in [5.41, 5.74) is 0. The van der Waals surface area contributed by atoms with Crippen molar-refractivity contribution in [3.05, 3.63) is 7.11 Å². The highest BCUT2D eigenvalue weighted by molar-refractivity contribution is 4.71. The summed E-state index contributed by atoms with van der Waals surface area (Å²) in [6.45, 7) is 2.28. The van der Waals surface area contributed by atoms with E-state index in [2.05, 4.69) is 18.8 Å². The monoisotopic (exact) mass is 114 g/mol. The van der Waals surface area contributed by atoms with Crippen molar-refractivity contribution in [1.82, 2.24) is 0 Å². The third kappa shape index (κ3) is 1.22. The third-order valence-corrected chi connectivity index (χ3v) is 1.93. The first-order valence-electron chi connectivity index (χ1n) is 3.28. The molecule has 1 aliphatic carbocycles. The zero-order valence-corrected chi connectivity index (χ0v) is 5.43. The van der Waals surface area contributed by atoms with Gasteiger partial charge in [0.2, 0.25) is 0 Å². The van der Waals surface area contributed by atoms with E-state index in [-0.39, 0.29) is 0 Å². The molecule has 1 rings (SSSR count). The van der Waals surface area contributed by atoms with Gasteiger partial charge in [-0.15, -0.1) is 0 Å². The molecular weight excluding hydrogens is 100 g/mol. The molecule has 2 unspecified atom stereocenters. The predicted molar refractivity (Wildman–Crippen MR) is 34.4 cm³/mol. The van der Waals surface area contributed by atoms with Crippen molar-refractivity contribution in [3.8, 4) is 0 Å². The molecule has 1 nitrogen and oxygen atoms in total. The molecule has 48 valence electrons. The number of ether oxygens (including phenoxy) is 1. The molecule has 1 heteroatoms. The fraction of sp³-hybridized carbons (Fsp3) is 0.857. The van der Waals surface area contributed by atoms with E-state index in [0.29, 0.717) is 6.10 Å². The van der Waals surface area contributed by atoms with E-state index in [9.17, 15) is 0 Å². The molecule has 1 N–H and O–H groups in total. The summed E-state index contributed by atoms with van der Waals surface area (Å²) in [5, 5.41) is 0. The lowest BCUT2D eigenvalue weighted by Crippen LogP contribution is -2.06. The van der Waals surface area contributed by atoms with Crippen LogP contribution in [0.4, 0.5) is 0 Å². The van der Waals surface area contributed by atoms with Crippen LogP contribution in [-0.2, 0) is 0 Å². The highest BCUT2D eigenvalue weighted by atomic mass is 16.5. The molecule has 1 aliphatic rings. The third-order valence-electron chi connectivity index (χ3n) is 1.93. The Kier molecular flexibility index (Phi) is 1.90. The fourth-order valence-electron chi connectivity index (χ4n) is 1.34. The Bertz CT molecular complexity index is 70.8. The molecule has 0 radical (unpaired) electrons. The van der Waals surface area contributed by atoms with Crippen LogP contribution in [-0.4, -0.2) is 10.8 Å². The molecule has 0 amide bonds. The van der Waals surface area contributed by atoms with Crippen molar-refractivity contribution >= 4 is 0 Å². The van der Waals surface area contributed by atoms with Gasteiger partial charge in [0, 0.05) is 12.8 Å². The van der Waals surface area contributed by atoms with Crippen molar-refractivity contribution in [2.75, 3.05) is 0 Å². The van der Waals surface area contributed by atoms with E-state index >= 15 is 0 Å². The molecular formula is C7H14O. The second-order valence-electron chi connectivity index (χ2n) is 2.75. The molecule has 0 saturated heterocycles. The van der Waals surface area contributed by atoms with Crippen molar-refractivity contribution in [1.29, 1.82) is 0 Å². The van der Waals surface area contributed by atoms with Gasteiger partial charge in [-0.25, -0.2) is 0 Å². The maximum Gasteiger partial charge on any atom is 0.129 e. The van der Waals surface area contributed by atoms with Gasteiger partial charge in [0.05, 0.1) is 0 Å². The second-order valence-corrected chi connectivity index (χ2v) is 2.75. The maximum absolute atomic E-state index is 3.99. The van der Waals surface area contributed by atoms with Crippen molar-refractivity contribution in [3.63, 3.8) is 0 Å². The Balaban J connectivity index is 2.22. The van der Waals surface area contributed by atoms with E-state index in [0.717, 1.165) is 5.92 Å². The Labute approximate surface area is 51.0 Å². The molecule has 2 atom stereocenters. The van der Waals surface area contributed by atoms with Gasteiger partial charge in [-0.1, -0.05) is 14.0 Å². The summed E-state index contributed by atoms with van der Waals surface area (Å²) in [6.07, 6.45) is 4.47. The highest BCUT2D eigenvalue weighted by Crippen LogP contribution is 2.25. The summed E-state index contributed by atoms with van der Waals surface area (Å²) in [7, 11) is 3.53. The van der Waals surface area contributed by atoms with E-state index < -0.39 is 0 Å². The standard InChI is InChI=1S/C7H14O/c1-6-3-4-7(5-6)8-2/h6-8H,2-5H2,1H3. The Morgan fingerprint density at radius 1 is 1.50 bits per heavy atom. The minimum absolute atomic E-state index is 0.588. The lowest BCUT2D eigenvalue weighted by Gasteiger charge is -2.06. The van der Waals surface area contributed by atoms with Crippen LogP contribution in [0.15, 0.2) is 0 Å². The fourth-order valence-corrected chi connectivity index (χ4v) is 1.34. The average molecular weight is 114 g/mol. The van der Waals surface area contributed by atoms with Crippen LogP contribution >= 0.6 is 0 Å².